The van der Waals surface area contributed by atoms with Crippen LogP contribution in [0.2, 0.25) is 0 Å². The fourth-order valence-electron chi connectivity index (χ4n) is 1.83. The molecule has 0 aliphatic rings. The van der Waals surface area contributed by atoms with Crippen molar-refractivity contribution < 1.29 is 17.8 Å². The Balaban J connectivity index is 2.00. The van der Waals surface area contributed by atoms with Crippen LogP contribution in [-0.4, -0.2) is 23.9 Å². The highest BCUT2D eigenvalue weighted by Gasteiger charge is 2.11. The highest BCUT2D eigenvalue weighted by Crippen LogP contribution is 2.14. The van der Waals surface area contributed by atoms with Gasteiger partial charge in [-0.1, -0.05) is 0 Å². The zero-order chi connectivity index (χ0) is 18.3. The van der Waals surface area contributed by atoms with Crippen molar-refractivity contribution in [2.24, 2.45) is 0 Å². The zero-order valence-corrected chi connectivity index (χ0v) is 13.7. The summed E-state index contributed by atoms with van der Waals surface area (Å²) in [5.74, 6) is -0.649. The van der Waals surface area contributed by atoms with Gasteiger partial charge in [0.15, 0.2) is 0 Å². The molecule has 1 amide bonds. The fourth-order valence-corrected chi connectivity index (χ4v) is 2.31. The van der Waals surface area contributed by atoms with E-state index in [2.05, 4.69) is 15.6 Å². The maximum atomic E-state index is 12.0. The molecule has 3 N–H and O–H groups in total. The molecule has 9 heteroatoms. The van der Waals surface area contributed by atoms with Gasteiger partial charge < -0.3 is 10.6 Å². The highest BCUT2D eigenvalue weighted by atomic mass is 32.2. The molecule has 1 aromatic heterocycles. The second kappa shape index (κ2) is 8.05. The van der Waals surface area contributed by atoms with Crippen LogP contribution >= 0.6 is 0 Å². The lowest BCUT2D eigenvalue weighted by atomic mass is 10.2. The summed E-state index contributed by atoms with van der Waals surface area (Å²) in [4.78, 5) is 15.6. The Morgan fingerprint density at radius 3 is 2.40 bits per heavy atom. The summed E-state index contributed by atoms with van der Waals surface area (Å²) in [6.45, 7) is 0.421. The van der Waals surface area contributed by atoms with Gasteiger partial charge in [-0.25, -0.2) is 0 Å². The zero-order valence-electron chi connectivity index (χ0n) is 12.9. The van der Waals surface area contributed by atoms with Crippen LogP contribution in [0.25, 0.3) is 0 Å². The molecule has 25 heavy (non-hydrogen) atoms. The molecule has 0 unspecified atom stereocenters. The van der Waals surface area contributed by atoms with Crippen molar-refractivity contribution in [1.29, 1.82) is 5.26 Å². The summed E-state index contributed by atoms with van der Waals surface area (Å²) < 4.78 is 30.8. The smallest absolute Gasteiger partial charge is 0.294 e. The molecule has 0 aliphatic heterocycles. The molecule has 0 spiro atoms. The minimum absolute atomic E-state index is 0.145. The number of nitriles is 1. The van der Waals surface area contributed by atoms with Gasteiger partial charge in [0.2, 0.25) is 0 Å². The first-order chi connectivity index (χ1) is 11.9. The van der Waals surface area contributed by atoms with Gasteiger partial charge in [-0.2, -0.15) is 13.7 Å². The van der Waals surface area contributed by atoms with Crippen molar-refractivity contribution in [3.8, 4) is 6.07 Å². The number of hydrogen-bond donors (Lipinski definition) is 3. The van der Waals surface area contributed by atoms with E-state index in [4.69, 9.17) is 9.81 Å². The van der Waals surface area contributed by atoms with E-state index < -0.39 is 16.0 Å². The van der Waals surface area contributed by atoms with Gasteiger partial charge in [0.05, 0.1) is 4.90 Å². The monoisotopic (exact) mass is 358 g/mol. The predicted molar refractivity (Wildman–Crippen MR) is 89.7 cm³/mol. The van der Waals surface area contributed by atoms with Gasteiger partial charge in [0.25, 0.3) is 16.0 Å². The Morgan fingerprint density at radius 1 is 1.20 bits per heavy atom. The van der Waals surface area contributed by atoms with Crippen LogP contribution in [-0.2, 0) is 21.5 Å². The molecule has 8 nitrogen and oxygen atoms in total. The van der Waals surface area contributed by atoms with E-state index >= 15 is 0 Å². The number of hydrogen-bond acceptors (Lipinski definition) is 6. The topological polar surface area (TPSA) is 132 Å². The lowest BCUT2D eigenvalue weighted by molar-refractivity contribution is -0.112. The molecule has 0 radical (unpaired) electrons. The van der Waals surface area contributed by atoms with E-state index in [0.717, 1.165) is 17.7 Å². The third-order valence-electron chi connectivity index (χ3n) is 3.08. The first kappa shape index (κ1) is 18.1. The minimum Gasteiger partial charge on any atom is -0.386 e. The molecular weight excluding hydrogens is 344 g/mol. The van der Waals surface area contributed by atoms with Crippen molar-refractivity contribution in [3.05, 3.63) is 66.1 Å². The van der Waals surface area contributed by atoms with Gasteiger partial charge in [-0.3, -0.25) is 14.3 Å². The molecular formula is C16H14N4O4S. The number of nitrogens with one attached hydrogen (secondary N) is 2. The van der Waals surface area contributed by atoms with E-state index in [1.165, 1.54) is 18.3 Å². The van der Waals surface area contributed by atoms with Crippen molar-refractivity contribution >= 4 is 21.7 Å². The van der Waals surface area contributed by atoms with Gasteiger partial charge in [-0.05, 0) is 42.0 Å². The van der Waals surface area contributed by atoms with Crippen molar-refractivity contribution in [3.63, 3.8) is 0 Å². The average Bonchev–Trinajstić information content (AvgIpc) is 2.59. The van der Waals surface area contributed by atoms with Crippen molar-refractivity contribution in [2.75, 3.05) is 5.32 Å². The van der Waals surface area contributed by atoms with Gasteiger partial charge >= 0.3 is 0 Å². The van der Waals surface area contributed by atoms with Crippen LogP contribution < -0.4 is 10.6 Å². The van der Waals surface area contributed by atoms with E-state index in [0.29, 0.717) is 6.54 Å². The SMILES string of the molecule is N#C/C(=C/NCc1ccncc1)C(=O)Nc1ccc(S(=O)(=O)O)cc1. The van der Waals surface area contributed by atoms with Gasteiger partial charge in [-0.15, -0.1) is 0 Å². The van der Waals surface area contributed by atoms with Gasteiger partial charge in [0, 0.05) is 30.8 Å². The molecule has 128 valence electrons. The first-order valence-corrected chi connectivity index (χ1v) is 8.45. The van der Waals surface area contributed by atoms with Crippen LogP contribution in [0.4, 0.5) is 5.69 Å². The number of amides is 1. The standard InChI is InChI=1S/C16H14N4O4S/c17-9-13(11-19-10-12-5-7-18-8-6-12)16(21)20-14-1-3-15(4-2-14)25(22,23)24/h1-8,11,19H,10H2,(H,20,21)(H,22,23,24)/b13-11-. The lowest BCUT2D eigenvalue weighted by Crippen LogP contribution is -2.16. The second-order valence-electron chi connectivity index (χ2n) is 4.86. The molecule has 2 aromatic rings. The summed E-state index contributed by atoms with van der Waals surface area (Å²) in [6, 6.07) is 10.3. The normalized spacial score (nSPS) is 11.4. The predicted octanol–water partition coefficient (Wildman–Crippen LogP) is 1.46. The fraction of sp³-hybridized carbons (Fsp3) is 0.0625. The molecule has 0 saturated heterocycles. The van der Waals surface area contributed by atoms with Crippen molar-refractivity contribution in [1.82, 2.24) is 10.3 Å². The third-order valence-corrected chi connectivity index (χ3v) is 3.94. The van der Waals surface area contributed by atoms with Crippen LogP contribution in [0.5, 0.6) is 0 Å². The Morgan fingerprint density at radius 2 is 1.84 bits per heavy atom. The van der Waals surface area contributed by atoms with Gasteiger partial charge in [0.1, 0.15) is 11.6 Å². The van der Waals surface area contributed by atoms with E-state index in [1.807, 2.05) is 0 Å². The maximum Gasteiger partial charge on any atom is 0.294 e. The summed E-state index contributed by atoms with van der Waals surface area (Å²) >= 11 is 0. The molecule has 1 heterocycles. The summed E-state index contributed by atoms with van der Waals surface area (Å²) in [5, 5.41) is 14.4. The second-order valence-corrected chi connectivity index (χ2v) is 6.28. The molecule has 0 saturated carbocycles. The van der Waals surface area contributed by atoms with Crippen LogP contribution in [0.1, 0.15) is 5.56 Å². The Bertz CT molecular complexity index is 917. The Hall–Kier alpha value is -3.22. The van der Waals surface area contributed by atoms with Crippen LogP contribution in [0, 0.1) is 11.3 Å². The Kier molecular flexibility index (Phi) is 5.84. The average molecular weight is 358 g/mol. The molecule has 0 aliphatic carbocycles. The number of aromatic nitrogens is 1. The number of pyridine rings is 1. The quantitative estimate of drug-likeness (QED) is 0.404. The van der Waals surface area contributed by atoms with Crippen LogP contribution in [0.15, 0.2) is 65.5 Å². The van der Waals surface area contributed by atoms with E-state index in [-0.39, 0.29) is 16.2 Å². The number of carbonyl (C=O) groups is 1. The molecule has 0 fully saturated rings. The molecule has 0 atom stereocenters. The highest BCUT2D eigenvalue weighted by molar-refractivity contribution is 7.85. The molecule has 1 aromatic carbocycles. The van der Waals surface area contributed by atoms with Crippen molar-refractivity contribution in [2.45, 2.75) is 11.4 Å². The number of carbonyl (C=O) groups excluding carboxylic acids is 1. The number of rotatable bonds is 6. The summed E-state index contributed by atoms with van der Waals surface area (Å²) in [7, 11) is -4.30. The summed E-state index contributed by atoms with van der Waals surface area (Å²) in [6.07, 6.45) is 4.56. The minimum atomic E-state index is -4.30. The van der Waals surface area contributed by atoms with E-state index in [1.54, 1.807) is 30.6 Å². The van der Waals surface area contributed by atoms with E-state index in [9.17, 15) is 13.2 Å². The lowest BCUT2D eigenvalue weighted by Gasteiger charge is -2.06. The Labute approximate surface area is 144 Å². The maximum absolute atomic E-state index is 12.0. The summed E-state index contributed by atoms with van der Waals surface area (Å²) in [5.41, 5.74) is 1.07. The molecule has 0 bridgehead atoms. The third kappa shape index (κ3) is 5.42. The number of nitrogens with zero attached hydrogens (tertiary/aromatic N) is 2. The van der Waals surface area contributed by atoms with Crippen LogP contribution in [0.3, 0.4) is 0 Å². The first-order valence-electron chi connectivity index (χ1n) is 7.01. The number of benzene rings is 1. The molecule has 2 rings (SSSR count). The number of anilines is 1. The largest absolute Gasteiger partial charge is 0.386 e.